The van der Waals surface area contributed by atoms with Gasteiger partial charge in [-0.1, -0.05) is 26.8 Å². The fourth-order valence-electron chi connectivity index (χ4n) is 4.69. The van der Waals surface area contributed by atoms with E-state index < -0.39 is 40.9 Å². The first-order valence-electron chi connectivity index (χ1n) is 13.7. The fraction of sp³-hybridized carbons (Fsp3) is 0.464. The van der Waals surface area contributed by atoms with Crippen LogP contribution in [0.4, 0.5) is 18.9 Å². The van der Waals surface area contributed by atoms with Gasteiger partial charge in [0.25, 0.3) is 5.56 Å². The Morgan fingerprint density at radius 3 is 2.50 bits per heavy atom. The van der Waals surface area contributed by atoms with Crippen LogP contribution >= 0.6 is 0 Å². The number of nitrogens with one attached hydrogen (secondary N) is 1. The summed E-state index contributed by atoms with van der Waals surface area (Å²) < 4.78 is 43.4. The molecular formula is C28H34F3N7O4. The van der Waals surface area contributed by atoms with Crippen molar-refractivity contribution in [2.24, 2.45) is 5.92 Å². The Bertz CT molecular complexity index is 1690. The molecule has 1 amide bonds. The van der Waals surface area contributed by atoms with Crippen molar-refractivity contribution in [2.75, 3.05) is 11.9 Å². The lowest BCUT2D eigenvalue weighted by Crippen LogP contribution is -2.40. The van der Waals surface area contributed by atoms with E-state index in [1.165, 1.54) is 39.2 Å². The van der Waals surface area contributed by atoms with Crippen LogP contribution in [0.25, 0.3) is 22.6 Å². The van der Waals surface area contributed by atoms with Crippen LogP contribution in [0.3, 0.4) is 0 Å². The van der Waals surface area contributed by atoms with Crippen molar-refractivity contribution in [2.45, 2.75) is 71.9 Å². The third kappa shape index (κ3) is 6.32. The van der Waals surface area contributed by atoms with Crippen LogP contribution in [0.1, 0.15) is 45.6 Å². The standard InChI is InChI=1S/C28H34F3N7O4/c1-5-10-37-25-23(26(41)38(11-6-2)27(37)42)33-24(34-25)18-14-32-36(15-18)16-21(39)17(3)12-22(40)35(4)20-9-7-8-19(13-20)28(29,30)31/h7-9,13-15,17,21,39H,5-6,10-12,16H2,1-4H3,(H,33,34). The number of aromatic amines is 1. The highest BCUT2D eigenvalue weighted by molar-refractivity contribution is 5.93. The van der Waals surface area contributed by atoms with Crippen molar-refractivity contribution in [3.05, 3.63) is 63.1 Å². The Hall–Kier alpha value is -4.20. The lowest BCUT2D eigenvalue weighted by atomic mass is 10.00. The molecule has 226 valence electrons. The van der Waals surface area contributed by atoms with E-state index in [4.69, 9.17) is 0 Å². The van der Waals surface area contributed by atoms with Crippen molar-refractivity contribution in [1.82, 2.24) is 28.9 Å². The van der Waals surface area contributed by atoms with Crippen LogP contribution < -0.4 is 16.1 Å². The Morgan fingerprint density at radius 2 is 1.83 bits per heavy atom. The molecule has 1 aromatic carbocycles. The highest BCUT2D eigenvalue weighted by Gasteiger charge is 2.31. The molecule has 2 atom stereocenters. The Morgan fingerprint density at radius 1 is 1.14 bits per heavy atom. The predicted molar refractivity (Wildman–Crippen MR) is 151 cm³/mol. The maximum atomic E-state index is 13.1. The third-order valence-electron chi connectivity index (χ3n) is 7.12. The number of anilines is 1. The van der Waals surface area contributed by atoms with Gasteiger partial charge >= 0.3 is 11.9 Å². The summed E-state index contributed by atoms with van der Waals surface area (Å²) in [5, 5.41) is 15.0. The number of amides is 1. The third-order valence-corrected chi connectivity index (χ3v) is 7.12. The molecule has 4 rings (SSSR count). The molecule has 4 aromatic rings. The van der Waals surface area contributed by atoms with Gasteiger partial charge in [-0.05, 0) is 37.0 Å². The van der Waals surface area contributed by atoms with Crippen molar-refractivity contribution < 1.29 is 23.1 Å². The van der Waals surface area contributed by atoms with Crippen LogP contribution in [-0.4, -0.2) is 53.0 Å². The molecule has 14 heteroatoms. The van der Waals surface area contributed by atoms with Gasteiger partial charge in [0.1, 0.15) is 11.3 Å². The van der Waals surface area contributed by atoms with Gasteiger partial charge in [0.15, 0.2) is 5.65 Å². The Kier molecular flexibility index (Phi) is 9.04. The van der Waals surface area contributed by atoms with Crippen LogP contribution in [0.15, 0.2) is 46.2 Å². The van der Waals surface area contributed by atoms with Crippen LogP contribution in [0.5, 0.6) is 0 Å². The van der Waals surface area contributed by atoms with E-state index in [2.05, 4.69) is 15.1 Å². The van der Waals surface area contributed by atoms with E-state index in [0.29, 0.717) is 30.8 Å². The lowest BCUT2D eigenvalue weighted by Gasteiger charge is -2.23. The summed E-state index contributed by atoms with van der Waals surface area (Å²) in [6.07, 6.45) is -1.21. The molecule has 0 bridgehead atoms. The van der Waals surface area contributed by atoms with Gasteiger partial charge in [0.05, 0.1) is 30.0 Å². The van der Waals surface area contributed by atoms with Crippen molar-refractivity contribution in [3.63, 3.8) is 0 Å². The molecule has 0 saturated heterocycles. The molecule has 0 aliphatic carbocycles. The number of alkyl halides is 3. The molecule has 0 aliphatic heterocycles. The number of rotatable bonds is 11. The topological polar surface area (TPSA) is 131 Å². The summed E-state index contributed by atoms with van der Waals surface area (Å²) in [5.41, 5.74) is -0.592. The van der Waals surface area contributed by atoms with E-state index in [-0.39, 0.29) is 36.4 Å². The number of benzene rings is 1. The number of carbonyl (C=O) groups excluding carboxylic acids is 1. The molecule has 42 heavy (non-hydrogen) atoms. The first-order valence-corrected chi connectivity index (χ1v) is 13.7. The molecule has 3 heterocycles. The highest BCUT2D eigenvalue weighted by atomic mass is 19.4. The molecule has 0 radical (unpaired) electrons. The van der Waals surface area contributed by atoms with Gasteiger partial charge in [-0.2, -0.15) is 18.3 Å². The highest BCUT2D eigenvalue weighted by Crippen LogP contribution is 2.31. The Labute approximate surface area is 239 Å². The van der Waals surface area contributed by atoms with Gasteiger partial charge in [0, 0.05) is 38.4 Å². The normalized spacial score (nSPS) is 13.4. The fourth-order valence-corrected chi connectivity index (χ4v) is 4.69. The van der Waals surface area contributed by atoms with E-state index in [0.717, 1.165) is 17.0 Å². The first kappa shape index (κ1) is 30.8. The summed E-state index contributed by atoms with van der Waals surface area (Å²) in [7, 11) is 1.39. The second-order valence-electron chi connectivity index (χ2n) is 10.4. The summed E-state index contributed by atoms with van der Waals surface area (Å²) in [6, 6.07) is 4.49. The molecule has 2 N–H and O–H groups in total. The maximum Gasteiger partial charge on any atom is 0.416 e. The van der Waals surface area contributed by atoms with Crippen molar-refractivity contribution in [3.8, 4) is 11.4 Å². The molecule has 0 fully saturated rings. The number of nitrogens with zero attached hydrogens (tertiary/aromatic N) is 6. The number of hydrogen-bond acceptors (Lipinski definition) is 6. The maximum absolute atomic E-state index is 13.1. The molecule has 0 aliphatic rings. The molecule has 0 saturated carbocycles. The van der Waals surface area contributed by atoms with E-state index in [9.17, 15) is 32.7 Å². The van der Waals surface area contributed by atoms with Crippen molar-refractivity contribution in [1.29, 1.82) is 0 Å². The second kappa shape index (κ2) is 12.3. The summed E-state index contributed by atoms with van der Waals surface area (Å²) in [6.45, 7) is 6.19. The largest absolute Gasteiger partial charge is 0.416 e. The molecule has 0 spiro atoms. The number of aliphatic hydroxyl groups is 1. The number of aliphatic hydroxyl groups excluding tert-OH is 1. The average molecular weight is 590 g/mol. The zero-order valence-corrected chi connectivity index (χ0v) is 23.9. The zero-order valence-electron chi connectivity index (χ0n) is 23.9. The number of hydrogen-bond donors (Lipinski definition) is 2. The minimum absolute atomic E-state index is 0.0335. The molecule has 2 unspecified atom stereocenters. The van der Waals surface area contributed by atoms with Gasteiger partial charge in [-0.25, -0.2) is 9.78 Å². The van der Waals surface area contributed by atoms with Crippen molar-refractivity contribution >= 4 is 22.8 Å². The number of fused-ring (bicyclic) bond motifs is 1. The van der Waals surface area contributed by atoms with Gasteiger partial charge in [-0.3, -0.25) is 23.4 Å². The van der Waals surface area contributed by atoms with E-state index >= 15 is 0 Å². The number of halogens is 3. The minimum atomic E-state index is -4.53. The van der Waals surface area contributed by atoms with Gasteiger partial charge in [0.2, 0.25) is 5.91 Å². The number of aryl methyl sites for hydroxylation is 1. The molecule has 11 nitrogen and oxygen atoms in total. The number of aromatic nitrogens is 6. The quantitative estimate of drug-likeness (QED) is 0.275. The number of H-pyrrole nitrogens is 1. The number of imidazole rings is 1. The minimum Gasteiger partial charge on any atom is -0.391 e. The van der Waals surface area contributed by atoms with Gasteiger partial charge < -0.3 is 15.0 Å². The smallest absolute Gasteiger partial charge is 0.391 e. The number of carbonyl (C=O) groups is 1. The zero-order chi connectivity index (χ0) is 30.8. The summed E-state index contributed by atoms with van der Waals surface area (Å²) in [4.78, 5) is 47.4. The van der Waals surface area contributed by atoms with E-state index in [1.807, 2.05) is 13.8 Å². The SMILES string of the molecule is CCCn1c(=O)c2[nH]c(-c3cnn(CC(O)C(C)CC(=O)N(C)c4cccc(C(F)(F)F)c4)c3)nc2n(CCC)c1=O. The van der Waals surface area contributed by atoms with Crippen LogP contribution in [-0.2, 0) is 30.6 Å². The predicted octanol–water partition coefficient (Wildman–Crippen LogP) is 3.64. The molecule has 3 aromatic heterocycles. The van der Waals surface area contributed by atoms with Crippen LogP contribution in [0.2, 0.25) is 0 Å². The van der Waals surface area contributed by atoms with Crippen LogP contribution in [0, 0.1) is 5.92 Å². The monoisotopic (exact) mass is 589 g/mol. The first-order chi connectivity index (χ1) is 19.8. The average Bonchev–Trinajstić information content (AvgIpc) is 3.60. The second-order valence-corrected chi connectivity index (χ2v) is 10.4. The molecular weight excluding hydrogens is 555 g/mol. The van der Waals surface area contributed by atoms with Gasteiger partial charge in [-0.15, -0.1) is 0 Å². The summed E-state index contributed by atoms with van der Waals surface area (Å²) >= 11 is 0. The Balaban J connectivity index is 1.48. The summed E-state index contributed by atoms with van der Waals surface area (Å²) in [5.74, 6) is -0.645. The van der Waals surface area contributed by atoms with E-state index in [1.54, 1.807) is 13.1 Å². The lowest BCUT2D eigenvalue weighted by molar-refractivity contribution is -0.137.